The SMILES string of the molecule is Clc1cc(Cl)c2c(c1)C[C@@H]1Cc3ccccc3[C@@H]1O2. The van der Waals surface area contributed by atoms with Crippen molar-refractivity contribution in [2.24, 2.45) is 5.92 Å². The van der Waals surface area contributed by atoms with E-state index in [9.17, 15) is 0 Å². The van der Waals surface area contributed by atoms with Crippen LogP contribution >= 0.6 is 23.2 Å². The summed E-state index contributed by atoms with van der Waals surface area (Å²) in [7, 11) is 0. The maximum Gasteiger partial charge on any atom is 0.142 e. The van der Waals surface area contributed by atoms with Crippen LogP contribution in [0.2, 0.25) is 10.0 Å². The normalized spacial score (nSPS) is 23.3. The fourth-order valence-corrected chi connectivity index (χ4v) is 3.87. The zero-order chi connectivity index (χ0) is 13.0. The molecule has 0 fully saturated rings. The van der Waals surface area contributed by atoms with Crippen LogP contribution in [0.3, 0.4) is 0 Å². The van der Waals surface area contributed by atoms with Crippen LogP contribution in [-0.4, -0.2) is 0 Å². The Morgan fingerprint density at radius 2 is 1.79 bits per heavy atom. The van der Waals surface area contributed by atoms with Crippen molar-refractivity contribution in [3.8, 4) is 5.75 Å². The van der Waals surface area contributed by atoms with Gasteiger partial charge >= 0.3 is 0 Å². The van der Waals surface area contributed by atoms with Crippen LogP contribution < -0.4 is 4.74 Å². The molecule has 0 bridgehead atoms. The molecule has 0 radical (unpaired) electrons. The Morgan fingerprint density at radius 1 is 1.00 bits per heavy atom. The van der Waals surface area contributed by atoms with E-state index in [4.69, 9.17) is 27.9 Å². The van der Waals surface area contributed by atoms with Crippen molar-refractivity contribution in [3.05, 3.63) is 63.1 Å². The van der Waals surface area contributed by atoms with Crippen molar-refractivity contribution in [1.29, 1.82) is 0 Å². The summed E-state index contributed by atoms with van der Waals surface area (Å²) >= 11 is 12.3. The van der Waals surface area contributed by atoms with E-state index in [0.29, 0.717) is 16.0 Å². The molecule has 19 heavy (non-hydrogen) atoms. The lowest BCUT2D eigenvalue weighted by Gasteiger charge is -2.30. The maximum atomic E-state index is 6.26. The van der Waals surface area contributed by atoms with Crippen molar-refractivity contribution in [2.45, 2.75) is 18.9 Å². The summed E-state index contributed by atoms with van der Waals surface area (Å²) in [4.78, 5) is 0. The molecular weight excluding hydrogens is 279 g/mol. The molecule has 0 N–H and O–H groups in total. The number of ether oxygens (including phenoxy) is 1. The highest BCUT2D eigenvalue weighted by Gasteiger charge is 2.38. The Hall–Kier alpha value is -1.18. The summed E-state index contributed by atoms with van der Waals surface area (Å²) < 4.78 is 6.18. The molecule has 0 spiro atoms. The zero-order valence-corrected chi connectivity index (χ0v) is 11.7. The summed E-state index contributed by atoms with van der Waals surface area (Å²) in [6.45, 7) is 0. The zero-order valence-electron chi connectivity index (χ0n) is 10.2. The molecule has 3 heteroatoms. The summed E-state index contributed by atoms with van der Waals surface area (Å²) in [5.41, 5.74) is 3.84. The summed E-state index contributed by atoms with van der Waals surface area (Å²) in [6.07, 6.45) is 2.20. The van der Waals surface area contributed by atoms with Crippen molar-refractivity contribution < 1.29 is 4.74 Å². The smallest absolute Gasteiger partial charge is 0.142 e. The molecule has 1 heterocycles. The lowest BCUT2D eigenvalue weighted by molar-refractivity contribution is 0.129. The Labute approximate surface area is 122 Å². The van der Waals surface area contributed by atoms with E-state index in [1.807, 2.05) is 6.07 Å². The summed E-state index contributed by atoms with van der Waals surface area (Å²) in [5, 5.41) is 1.30. The Morgan fingerprint density at radius 3 is 2.68 bits per heavy atom. The molecule has 1 nitrogen and oxygen atoms in total. The third-order valence-corrected chi connectivity index (χ3v) is 4.58. The van der Waals surface area contributed by atoms with Gasteiger partial charge in [-0.1, -0.05) is 47.5 Å². The average molecular weight is 291 g/mol. The second-order valence-electron chi connectivity index (χ2n) is 5.28. The minimum absolute atomic E-state index is 0.141. The number of rotatable bonds is 0. The molecule has 2 aromatic carbocycles. The molecule has 0 amide bonds. The van der Waals surface area contributed by atoms with Gasteiger partial charge in [-0.3, -0.25) is 0 Å². The van der Waals surface area contributed by atoms with Crippen molar-refractivity contribution in [2.75, 3.05) is 0 Å². The van der Waals surface area contributed by atoms with Gasteiger partial charge in [-0.25, -0.2) is 0 Å². The van der Waals surface area contributed by atoms with Gasteiger partial charge in [-0.2, -0.15) is 0 Å². The van der Waals surface area contributed by atoms with E-state index in [-0.39, 0.29) is 6.10 Å². The van der Waals surface area contributed by atoms with Gasteiger partial charge < -0.3 is 4.74 Å². The minimum Gasteiger partial charge on any atom is -0.484 e. The van der Waals surface area contributed by atoms with Gasteiger partial charge in [0.15, 0.2) is 0 Å². The number of halogens is 2. The fraction of sp³-hybridized carbons (Fsp3) is 0.250. The second kappa shape index (κ2) is 4.16. The van der Waals surface area contributed by atoms with Crippen LogP contribution in [0.25, 0.3) is 0 Å². The van der Waals surface area contributed by atoms with Gasteiger partial charge in [0.1, 0.15) is 11.9 Å². The lowest BCUT2D eigenvalue weighted by Crippen LogP contribution is -2.22. The molecule has 0 saturated carbocycles. The van der Waals surface area contributed by atoms with Gasteiger partial charge in [0.25, 0.3) is 0 Å². The molecule has 2 aromatic rings. The average Bonchev–Trinajstić information content (AvgIpc) is 2.74. The third kappa shape index (κ3) is 1.76. The van der Waals surface area contributed by atoms with E-state index in [1.54, 1.807) is 6.07 Å². The second-order valence-corrected chi connectivity index (χ2v) is 6.13. The Bertz CT molecular complexity index is 666. The highest BCUT2D eigenvalue weighted by atomic mass is 35.5. The molecule has 0 aromatic heterocycles. The highest BCUT2D eigenvalue weighted by Crippen LogP contribution is 2.48. The topological polar surface area (TPSA) is 9.23 Å². The number of hydrogen-bond acceptors (Lipinski definition) is 1. The first-order valence-corrected chi connectivity index (χ1v) is 7.20. The lowest BCUT2D eigenvalue weighted by atomic mass is 9.91. The molecule has 1 aliphatic heterocycles. The van der Waals surface area contributed by atoms with E-state index >= 15 is 0 Å². The van der Waals surface area contributed by atoms with E-state index in [2.05, 4.69) is 24.3 Å². The van der Waals surface area contributed by atoms with E-state index in [1.165, 1.54) is 11.1 Å². The number of hydrogen-bond donors (Lipinski definition) is 0. The van der Waals surface area contributed by atoms with Crippen molar-refractivity contribution >= 4 is 23.2 Å². The molecule has 2 aliphatic rings. The van der Waals surface area contributed by atoms with Crippen LogP contribution in [0.15, 0.2) is 36.4 Å². The van der Waals surface area contributed by atoms with Crippen LogP contribution in [-0.2, 0) is 12.8 Å². The van der Waals surface area contributed by atoms with E-state index < -0.39 is 0 Å². The van der Waals surface area contributed by atoms with Crippen LogP contribution in [0.1, 0.15) is 22.8 Å². The predicted molar refractivity (Wildman–Crippen MR) is 77.2 cm³/mol. The summed E-state index contributed by atoms with van der Waals surface area (Å²) in [5.74, 6) is 1.31. The number of benzene rings is 2. The largest absolute Gasteiger partial charge is 0.484 e. The van der Waals surface area contributed by atoms with Crippen LogP contribution in [0.4, 0.5) is 0 Å². The quantitative estimate of drug-likeness (QED) is 0.674. The first-order valence-electron chi connectivity index (χ1n) is 6.45. The standard InChI is InChI=1S/C16H12Cl2O/c17-12-7-11-6-10-5-9-3-1-2-4-13(9)15(10)19-16(11)14(18)8-12/h1-4,7-8,10,15H,5-6H2/t10-,15+/m0/s1. The molecule has 0 saturated heterocycles. The molecule has 2 atom stereocenters. The monoisotopic (exact) mass is 290 g/mol. The van der Waals surface area contributed by atoms with Crippen LogP contribution in [0, 0.1) is 5.92 Å². The minimum atomic E-state index is 0.141. The third-order valence-electron chi connectivity index (χ3n) is 4.08. The fourth-order valence-electron chi connectivity index (χ4n) is 3.29. The highest BCUT2D eigenvalue weighted by molar-refractivity contribution is 6.35. The molecular formula is C16H12Cl2O. The van der Waals surface area contributed by atoms with Gasteiger partial charge in [-0.05, 0) is 41.7 Å². The van der Waals surface area contributed by atoms with E-state index in [0.717, 1.165) is 24.2 Å². The number of fused-ring (bicyclic) bond motifs is 4. The maximum absolute atomic E-state index is 6.26. The van der Waals surface area contributed by atoms with Crippen LogP contribution in [0.5, 0.6) is 5.75 Å². The van der Waals surface area contributed by atoms with Gasteiger partial charge in [0.2, 0.25) is 0 Å². The first kappa shape index (κ1) is 11.6. The van der Waals surface area contributed by atoms with Gasteiger partial charge in [-0.15, -0.1) is 0 Å². The summed E-state index contributed by atoms with van der Waals surface area (Å²) in [6, 6.07) is 12.2. The van der Waals surface area contributed by atoms with Crippen molar-refractivity contribution in [1.82, 2.24) is 0 Å². The Kier molecular flexibility index (Phi) is 2.54. The predicted octanol–water partition coefficient (Wildman–Crippen LogP) is 4.84. The van der Waals surface area contributed by atoms with Gasteiger partial charge in [0.05, 0.1) is 5.02 Å². The molecule has 4 rings (SSSR count). The van der Waals surface area contributed by atoms with Crippen molar-refractivity contribution in [3.63, 3.8) is 0 Å². The van der Waals surface area contributed by atoms with Gasteiger partial charge in [0, 0.05) is 10.9 Å². The molecule has 96 valence electrons. The first-order chi connectivity index (χ1) is 9.22. The molecule has 0 unspecified atom stereocenters. The Balaban J connectivity index is 1.80. The molecule has 1 aliphatic carbocycles.